The van der Waals surface area contributed by atoms with Crippen LogP contribution in [0.4, 0.5) is 0 Å². The van der Waals surface area contributed by atoms with Crippen LogP contribution >= 0.6 is 0 Å². The molecule has 0 radical (unpaired) electrons. The van der Waals surface area contributed by atoms with Crippen molar-refractivity contribution >= 4 is 0 Å². The highest BCUT2D eigenvalue weighted by atomic mass is 16.5. The smallest absolute Gasteiger partial charge is 0.0645 e. The van der Waals surface area contributed by atoms with Crippen LogP contribution in [0.15, 0.2) is 0 Å². The van der Waals surface area contributed by atoms with Crippen LogP contribution in [0, 0.1) is 0 Å². The third-order valence-electron chi connectivity index (χ3n) is 3.32. The number of ether oxygens (including phenoxy) is 2. The predicted molar refractivity (Wildman–Crippen MR) is 75.0 cm³/mol. The van der Waals surface area contributed by atoms with Gasteiger partial charge in [-0.3, -0.25) is 4.90 Å². The van der Waals surface area contributed by atoms with Gasteiger partial charge in [0.25, 0.3) is 0 Å². The van der Waals surface area contributed by atoms with E-state index in [1.54, 1.807) is 0 Å². The molecule has 1 N–H and O–H groups in total. The van der Waals surface area contributed by atoms with Crippen LogP contribution in [-0.2, 0) is 9.47 Å². The van der Waals surface area contributed by atoms with Gasteiger partial charge in [-0.15, -0.1) is 0 Å². The lowest BCUT2D eigenvalue weighted by molar-refractivity contribution is -0.0500. The third kappa shape index (κ3) is 6.14. The monoisotopic (exact) mass is 258 g/mol. The number of rotatable bonds is 8. The Balaban J connectivity index is 2.00. The Kier molecular flexibility index (Phi) is 7.15. The molecule has 0 atom stereocenters. The molecule has 4 nitrogen and oxygen atoms in total. The Labute approximate surface area is 112 Å². The molecule has 0 saturated carbocycles. The molecule has 1 saturated heterocycles. The molecule has 108 valence electrons. The molecule has 18 heavy (non-hydrogen) atoms. The fourth-order valence-corrected chi connectivity index (χ4v) is 2.16. The van der Waals surface area contributed by atoms with Crippen molar-refractivity contribution in [2.75, 3.05) is 46.0 Å². The van der Waals surface area contributed by atoms with E-state index in [0.717, 1.165) is 52.4 Å². The zero-order valence-electron chi connectivity index (χ0n) is 12.5. The molecule has 1 rings (SSSR count). The normalized spacial score (nSPS) is 20.5. The van der Waals surface area contributed by atoms with Gasteiger partial charge in [0.1, 0.15) is 0 Å². The Hall–Kier alpha value is -0.160. The zero-order valence-corrected chi connectivity index (χ0v) is 12.5. The largest absolute Gasteiger partial charge is 0.379 e. The summed E-state index contributed by atoms with van der Waals surface area (Å²) >= 11 is 0. The van der Waals surface area contributed by atoms with E-state index in [1.807, 2.05) is 0 Å². The van der Waals surface area contributed by atoms with Gasteiger partial charge in [-0.25, -0.2) is 0 Å². The van der Waals surface area contributed by atoms with Crippen molar-refractivity contribution in [3.63, 3.8) is 0 Å². The van der Waals surface area contributed by atoms with Crippen LogP contribution in [0.2, 0.25) is 0 Å². The van der Waals surface area contributed by atoms with Gasteiger partial charge >= 0.3 is 0 Å². The Morgan fingerprint density at radius 3 is 2.78 bits per heavy atom. The Morgan fingerprint density at radius 1 is 1.33 bits per heavy atom. The first kappa shape index (κ1) is 15.9. The average Bonchev–Trinajstić information content (AvgIpc) is 2.29. The molecule has 0 aromatic carbocycles. The summed E-state index contributed by atoms with van der Waals surface area (Å²) in [4.78, 5) is 2.51. The van der Waals surface area contributed by atoms with Crippen LogP contribution < -0.4 is 5.32 Å². The summed E-state index contributed by atoms with van der Waals surface area (Å²) in [6.45, 7) is 15.5. The van der Waals surface area contributed by atoms with E-state index in [4.69, 9.17) is 9.47 Å². The standard InChI is InChI=1S/C14H30N2O2/c1-13(2)18-10-5-6-15-7-8-16-9-11-17-12-14(16,3)4/h13,15H,5-12H2,1-4H3. The fourth-order valence-electron chi connectivity index (χ4n) is 2.16. The molecular formula is C14H30N2O2. The van der Waals surface area contributed by atoms with Crippen molar-refractivity contribution in [3.05, 3.63) is 0 Å². The van der Waals surface area contributed by atoms with Gasteiger partial charge in [0, 0.05) is 31.8 Å². The molecule has 0 amide bonds. The number of nitrogens with one attached hydrogen (secondary N) is 1. The first-order chi connectivity index (χ1) is 8.52. The van der Waals surface area contributed by atoms with Gasteiger partial charge in [-0.2, -0.15) is 0 Å². The molecule has 1 fully saturated rings. The maximum absolute atomic E-state index is 5.52. The number of morpholine rings is 1. The third-order valence-corrected chi connectivity index (χ3v) is 3.32. The Bertz CT molecular complexity index is 220. The molecule has 1 heterocycles. The van der Waals surface area contributed by atoms with Gasteiger partial charge in [0.05, 0.1) is 19.3 Å². The molecule has 0 aliphatic carbocycles. The molecule has 1 aliphatic rings. The summed E-state index contributed by atoms with van der Waals surface area (Å²) < 4.78 is 11.0. The molecule has 1 aliphatic heterocycles. The van der Waals surface area contributed by atoms with E-state index in [0.29, 0.717) is 6.10 Å². The highest BCUT2D eigenvalue weighted by molar-refractivity contribution is 4.84. The maximum Gasteiger partial charge on any atom is 0.0645 e. The topological polar surface area (TPSA) is 33.7 Å². The predicted octanol–water partition coefficient (Wildman–Crippen LogP) is 1.50. The van der Waals surface area contributed by atoms with Crippen molar-refractivity contribution in [3.8, 4) is 0 Å². The zero-order chi connectivity index (χ0) is 13.4. The second kappa shape index (κ2) is 8.10. The summed E-state index contributed by atoms with van der Waals surface area (Å²) in [7, 11) is 0. The number of hydrogen-bond acceptors (Lipinski definition) is 4. The van der Waals surface area contributed by atoms with Crippen LogP contribution in [-0.4, -0.2) is 62.5 Å². The molecule has 0 spiro atoms. The lowest BCUT2D eigenvalue weighted by Gasteiger charge is -2.42. The molecule has 0 bridgehead atoms. The van der Waals surface area contributed by atoms with E-state index < -0.39 is 0 Å². The van der Waals surface area contributed by atoms with E-state index in [9.17, 15) is 0 Å². The van der Waals surface area contributed by atoms with Gasteiger partial charge in [-0.1, -0.05) is 0 Å². The number of hydrogen-bond donors (Lipinski definition) is 1. The van der Waals surface area contributed by atoms with E-state index in [1.165, 1.54) is 0 Å². The minimum absolute atomic E-state index is 0.181. The van der Waals surface area contributed by atoms with Crippen LogP contribution in [0.1, 0.15) is 34.1 Å². The Morgan fingerprint density at radius 2 is 2.11 bits per heavy atom. The van der Waals surface area contributed by atoms with Crippen molar-refractivity contribution in [2.45, 2.75) is 45.8 Å². The maximum atomic E-state index is 5.52. The van der Waals surface area contributed by atoms with Crippen LogP contribution in [0.25, 0.3) is 0 Å². The van der Waals surface area contributed by atoms with Crippen LogP contribution in [0.5, 0.6) is 0 Å². The minimum atomic E-state index is 0.181. The second-order valence-corrected chi connectivity index (χ2v) is 5.88. The first-order valence-corrected chi connectivity index (χ1v) is 7.17. The summed E-state index contributed by atoms with van der Waals surface area (Å²) in [5.74, 6) is 0. The second-order valence-electron chi connectivity index (χ2n) is 5.88. The molecule has 0 aromatic heterocycles. The van der Waals surface area contributed by atoms with Gasteiger partial charge in [0.2, 0.25) is 0 Å². The summed E-state index contributed by atoms with van der Waals surface area (Å²) in [6.07, 6.45) is 1.43. The molecular weight excluding hydrogens is 228 g/mol. The average molecular weight is 258 g/mol. The lowest BCUT2D eigenvalue weighted by atomic mass is 10.0. The lowest BCUT2D eigenvalue weighted by Crippen LogP contribution is -2.54. The van der Waals surface area contributed by atoms with Gasteiger partial charge in [0.15, 0.2) is 0 Å². The van der Waals surface area contributed by atoms with Crippen molar-refractivity contribution in [2.24, 2.45) is 0 Å². The highest BCUT2D eigenvalue weighted by Gasteiger charge is 2.29. The summed E-state index contributed by atoms with van der Waals surface area (Å²) in [5, 5.41) is 3.48. The van der Waals surface area contributed by atoms with Crippen molar-refractivity contribution in [1.82, 2.24) is 10.2 Å². The van der Waals surface area contributed by atoms with Crippen molar-refractivity contribution < 1.29 is 9.47 Å². The molecule has 0 unspecified atom stereocenters. The van der Waals surface area contributed by atoms with Gasteiger partial charge < -0.3 is 14.8 Å². The minimum Gasteiger partial charge on any atom is -0.379 e. The van der Waals surface area contributed by atoms with E-state index in [-0.39, 0.29) is 5.54 Å². The summed E-state index contributed by atoms with van der Waals surface area (Å²) in [5.41, 5.74) is 0.181. The number of nitrogens with zero attached hydrogens (tertiary/aromatic N) is 1. The fraction of sp³-hybridized carbons (Fsp3) is 1.00. The highest BCUT2D eigenvalue weighted by Crippen LogP contribution is 2.17. The van der Waals surface area contributed by atoms with Gasteiger partial charge in [-0.05, 0) is 40.7 Å². The van der Waals surface area contributed by atoms with E-state index >= 15 is 0 Å². The SMILES string of the molecule is CC(C)OCCCNCCN1CCOCC1(C)C. The molecule has 4 heteroatoms. The first-order valence-electron chi connectivity index (χ1n) is 7.17. The molecule has 0 aromatic rings. The quantitative estimate of drug-likeness (QED) is 0.669. The van der Waals surface area contributed by atoms with Crippen molar-refractivity contribution in [1.29, 1.82) is 0 Å². The van der Waals surface area contributed by atoms with E-state index in [2.05, 4.69) is 37.9 Å². The van der Waals surface area contributed by atoms with Crippen LogP contribution in [0.3, 0.4) is 0 Å². The summed E-state index contributed by atoms with van der Waals surface area (Å²) in [6, 6.07) is 0.